The van der Waals surface area contributed by atoms with Gasteiger partial charge in [-0.1, -0.05) is 60.7 Å². The zero-order valence-corrected chi connectivity index (χ0v) is 19.8. The predicted molar refractivity (Wildman–Crippen MR) is 130 cm³/mol. The summed E-state index contributed by atoms with van der Waals surface area (Å²) in [6.07, 6.45) is 10.1. The third-order valence-electron chi connectivity index (χ3n) is 7.21. The van der Waals surface area contributed by atoms with Crippen LogP contribution < -0.4 is 10.3 Å². The van der Waals surface area contributed by atoms with Crippen LogP contribution in [-0.4, -0.2) is 23.6 Å². The number of esters is 1. The summed E-state index contributed by atoms with van der Waals surface area (Å²) in [5, 5.41) is 0. The molecule has 0 spiro atoms. The number of benzene rings is 2. The second kappa shape index (κ2) is 10.1. The first-order valence-corrected chi connectivity index (χ1v) is 11.7. The fourth-order valence-electron chi connectivity index (χ4n) is 5.56. The van der Waals surface area contributed by atoms with Gasteiger partial charge in [0, 0.05) is 13.0 Å². The number of hydrogen-bond donors (Lipinski definition) is 1. The minimum atomic E-state index is -0.877. The number of primary amides is 1. The van der Waals surface area contributed by atoms with Gasteiger partial charge in [-0.05, 0) is 42.4 Å². The highest BCUT2D eigenvalue weighted by atomic mass is 16.5. The lowest BCUT2D eigenvalue weighted by Crippen LogP contribution is -2.47. The topological polar surface area (TPSA) is 78.2 Å². The van der Waals surface area contributed by atoms with E-state index in [1.54, 1.807) is 6.08 Å². The van der Waals surface area contributed by atoms with Crippen molar-refractivity contribution in [1.82, 2.24) is 4.57 Å². The van der Waals surface area contributed by atoms with Crippen molar-refractivity contribution in [2.45, 2.75) is 44.2 Å². The van der Waals surface area contributed by atoms with E-state index in [4.69, 9.17) is 5.73 Å². The van der Waals surface area contributed by atoms with Crippen LogP contribution in [0.25, 0.3) is 0 Å². The average Bonchev–Trinajstić information content (AvgIpc) is 3.48. The molecule has 1 saturated carbocycles. The molecule has 1 aliphatic carbocycles. The van der Waals surface area contributed by atoms with E-state index in [1.165, 1.54) is 13.2 Å². The molecule has 34 heavy (non-hydrogen) atoms. The van der Waals surface area contributed by atoms with E-state index in [9.17, 15) is 9.59 Å². The lowest BCUT2D eigenvalue weighted by molar-refractivity contribution is -0.692. The van der Waals surface area contributed by atoms with Crippen LogP contribution in [0, 0.1) is 12.8 Å². The zero-order chi connectivity index (χ0) is 24.1. The highest BCUT2D eigenvalue weighted by molar-refractivity contribution is 5.91. The molecular weight excluding hydrogens is 426 g/mol. The molecule has 1 aliphatic rings. The molecule has 1 heterocycles. The minimum Gasteiger partial charge on any atom is -0.466 e. The maximum absolute atomic E-state index is 13.3. The maximum atomic E-state index is 13.3. The van der Waals surface area contributed by atoms with E-state index in [0.717, 1.165) is 36.2 Å². The smallest absolute Gasteiger partial charge is 0.330 e. The monoisotopic (exact) mass is 458 g/mol. The summed E-state index contributed by atoms with van der Waals surface area (Å²) in [6.45, 7) is 2.67. The number of rotatable bonds is 8. The van der Waals surface area contributed by atoms with Crippen molar-refractivity contribution in [1.29, 1.82) is 0 Å². The number of nitrogens with two attached hydrogens (primary N) is 1. The van der Waals surface area contributed by atoms with Gasteiger partial charge < -0.3 is 10.5 Å². The average molecular weight is 459 g/mol. The molecule has 3 aromatic rings. The number of methoxy groups -OCH3 is 1. The van der Waals surface area contributed by atoms with Gasteiger partial charge in [0.1, 0.15) is 30.4 Å². The van der Waals surface area contributed by atoms with Crippen LogP contribution in [0.15, 0.2) is 85.2 Å². The van der Waals surface area contributed by atoms with Crippen LogP contribution in [0.4, 0.5) is 0 Å². The molecule has 0 saturated heterocycles. The fourth-order valence-corrected chi connectivity index (χ4v) is 5.56. The number of allylic oxidation sites excluding steroid dienone is 1. The lowest BCUT2D eigenvalue weighted by atomic mass is 9.64. The molecule has 0 aliphatic heterocycles. The van der Waals surface area contributed by atoms with E-state index in [2.05, 4.69) is 27.0 Å². The van der Waals surface area contributed by atoms with E-state index in [0.29, 0.717) is 6.54 Å². The van der Waals surface area contributed by atoms with E-state index in [1.807, 2.05) is 66.9 Å². The molecule has 1 aromatic heterocycles. The van der Waals surface area contributed by atoms with Gasteiger partial charge in [-0.25, -0.2) is 13.9 Å². The molecule has 0 unspecified atom stereocenters. The Morgan fingerprint density at radius 1 is 1.09 bits per heavy atom. The number of amides is 1. The van der Waals surface area contributed by atoms with E-state index in [-0.39, 0.29) is 23.8 Å². The molecule has 4 rings (SSSR count). The summed E-state index contributed by atoms with van der Waals surface area (Å²) >= 11 is 0. The number of nitrogens with zero attached hydrogens (tertiary/aromatic N) is 2. The number of carbonyl (C=O) groups excluding carboxylic acids is 2. The summed E-state index contributed by atoms with van der Waals surface area (Å²) in [5.41, 5.74) is 7.25. The van der Waals surface area contributed by atoms with Crippen molar-refractivity contribution in [3.63, 3.8) is 0 Å². The standard InChI is InChI=1S/C28H31N3O3/c1-21-30(17-9-14-26(32)34-2)18-19-31(21)25-16-15-24(20-25)28(27(29)33,22-10-5-3-6-11-22)23-12-7-4-8-13-23/h3-14,18-19,24-25H,15-17,20H2,1-2H3,(H-,29,33)/p+1/t24-,25+/m1/s1. The maximum Gasteiger partial charge on any atom is 0.330 e. The van der Waals surface area contributed by atoms with Crippen molar-refractivity contribution < 1.29 is 18.9 Å². The minimum absolute atomic E-state index is 0.0780. The van der Waals surface area contributed by atoms with Crippen molar-refractivity contribution in [2.24, 2.45) is 11.7 Å². The third kappa shape index (κ3) is 4.28. The molecule has 1 amide bonds. The second-order valence-corrected chi connectivity index (χ2v) is 8.90. The quantitative estimate of drug-likeness (QED) is 0.318. The lowest BCUT2D eigenvalue weighted by Gasteiger charge is -2.37. The first-order chi connectivity index (χ1) is 16.5. The van der Waals surface area contributed by atoms with Crippen LogP contribution in [0.3, 0.4) is 0 Å². The molecule has 1 fully saturated rings. The largest absolute Gasteiger partial charge is 0.466 e. The Bertz CT molecular complexity index is 1130. The van der Waals surface area contributed by atoms with Crippen LogP contribution in [0.1, 0.15) is 42.3 Å². The Morgan fingerprint density at radius 2 is 1.71 bits per heavy atom. The number of imidazole rings is 1. The van der Waals surface area contributed by atoms with Crippen molar-refractivity contribution in [3.8, 4) is 0 Å². The van der Waals surface area contributed by atoms with Crippen molar-refractivity contribution >= 4 is 11.9 Å². The van der Waals surface area contributed by atoms with Crippen molar-refractivity contribution in [2.75, 3.05) is 7.11 Å². The zero-order valence-electron chi connectivity index (χ0n) is 19.8. The highest BCUT2D eigenvalue weighted by Crippen LogP contribution is 2.49. The molecule has 6 heteroatoms. The van der Waals surface area contributed by atoms with Gasteiger partial charge in [-0.2, -0.15) is 0 Å². The van der Waals surface area contributed by atoms with Gasteiger partial charge in [0.15, 0.2) is 0 Å². The molecule has 2 aromatic carbocycles. The van der Waals surface area contributed by atoms with Gasteiger partial charge in [-0.15, -0.1) is 0 Å². The SMILES string of the molecule is COC(=O)C=CC[n+]1ccn([C@H]2CC[C@@H](C(C(N)=O)(c3ccccc3)c3ccccc3)C2)c1C. The van der Waals surface area contributed by atoms with E-state index >= 15 is 0 Å². The first-order valence-electron chi connectivity index (χ1n) is 11.7. The van der Waals surface area contributed by atoms with Gasteiger partial charge >= 0.3 is 5.97 Å². The molecule has 0 radical (unpaired) electrons. The third-order valence-corrected chi connectivity index (χ3v) is 7.21. The number of carbonyl (C=O) groups is 2. The molecule has 6 nitrogen and oxygen atoms in total. The molecule has 2 atom stereocenters. The summed E-state index contributed by atoms with van der Waals surface area (Å²) < 4.78 is 9.05. The number of hydrogen-bond acceptors (Lipinski definition) is 3. The molecule has 2 N–H and O–H groups in total. The Labute approximate surface area is 200 Å². The van der Waals surface area contributed by atoms with Crippen molar-refractivity contribution in [3.05, 3.63) is 102 Å². The molecule has 0 bridgehead atoms. The van der Waals surface area contributed by atoms with Crippen LogP contribution in [-0.2, 0) is 26.3 Å². The Balaban J connectivity index is 1.65. The van der Waals surface area contributed by atoms with Gasteiger partial charge in [0.05, 0.1) is 7.11 Å². The first kappa shape index (κ1) is 23.5. The summed E-state index contributed by atoms with van der Waals surface area (Å²) in [5.74, 6) is 0.516. The Hall–Kier alpha value is -3.67. The van der Waals surface area contributed by atoms with Gasteiger partial charge in [-0.3, -0.25) is 4.79 Å². The van der Waals surface area contributed by atoms with E-state index < -0.39 is 5.41 Å². The normalized spacial score (nSPS) is 18.3. The van der Waals surface area contributed by atoms with Gasteiger partial charge in [0.25, 0.3) is 5.82 Å². The molecule has 176 valence electrons. The molecular formula is C28H32N3O3+. The highest BCUT2D eigenvalue weighted by Gasteiger charge is 2.51. The van der Waals surface area contributed by atoms with Crippen LogP contribution >= 0.6 is 0 Å². The van der Waals surface area contributed by atoms with Crippen LogP contribution in [0.5, 0.6) is 0 Å². The Kier molecular flexibility index (Phi) is 6.96. The summed E-state index contributed by atoms with van der Waals surface area (Å²) in [7, 11) is 1.37. The van der Waals surface area contributed by atoms with Gasteiger partial charge in [0.2, 0.25) is 5.91 Å². The summed E-state index contributed by atoms with van der Waals surface area (Å²) in [6, 6.07) is 20.2. The second-order valence-electron chi connectivity index (χ2n) is 8.90. The van der Waals surface area contributed by atoms with Crippen LogP contribution in [0.2, 0.25) is 0 Å². The Morgan fingerprint density at radius 3 is 2.26 bits per heavy atom. The number of aromatic nitrogens is 2. The summed E-state index contributed by atoms with van der Waals surface area (Å²) in [4.78, 5) is 24.6. The number of ether oxygens (including phenoxy) is 1. The predicted octanol–water partition coefficient (Wildman–Crippen LogP) is 3.63. The fraction of sp³-hybridized carbons (Fsp3) is 0.321.